The lowest BCUT2D eigenvalue weighted by atomic mass is 10.0. The van der Waals surface area contributed by atoms with Gasteiger partial charge in [0, 0.05) is 42.7 Å². The number of benzene rings is 2. The summed E-state index contributed by atoms with van der Waals surface area (Å²) < 4.78 is 32.2. The summed E-state index contributed by atoms with van der Waals surface area (Å²) >= 11 is 0. The molecule has 0 radical (unpaired) electrons. The molecule has 1 aliphatic carbocycles. The second-order valence-corrected chi connectivity index (χ2v) is 8.21. The molecule has 2 aliphatic rings. The lowest BCUT2D eigenvalue weighted by Crippen LogP contribution is -2.51. The van der Waals surface area contributed by atoms with Crippen LogP contribution in [0.15, 0.2) is 41.0 Å². The molecule has 2 heterocycles. The van der Waals surface area contributed by atoms with Crippen LogP contribution >= 0.6 is 0 Å². The van der Waals surface area contributed by atoms with Gasteiger partial charge in [-0.25, -0.2) is 8.78 Å². The third kappa shape index (κ3) is 3.69. The fraction of sp³-hybridized carbons (Fsp3) is 0.333. The van der Waals surface area contributed by atoms with Crippen LogP contribution in [-0.2, 0) is 24.1 Å². The van der Waals surface area contributed by atoms with Gasteiger partial charge >= 0.3 is 0 Å². The number of piperazine rings is 1. The Kier molecular flexibility index (Phi) is 4.96. The van der Waals surface area contributed by atoms with Gasteiger partial charge in [-0.15, -0.1) is 0 Å². The third-order valence-corrected chi connectivity index (χ3v) is 6.30. The molecule has 0 atom stereocenters. The Bertz CT molecular complexity index is 1180. The van der Waals surface area contributed by atoms with Crippen LogP contribution in [0.1, 0.15) is 33.5 Å². The van der Waals surface area contributed by atoms with Gasteiger partial charge in [0.05, 0.1) is 12.7 Å². The van der Waals surface area contributed by atoms with E-state index in [1.807, 2.05) is 0 Å². The molecule has 7 heteroatoms. The summed E-state index contributed by atoms with van der Waals surface area (Å²) in [5, 5.41) is 1.00. The molecule has 2 amide bonds. The second kappa shape index (κ2) is 7.80. The minimum atomic E-state index is -1.04. The van der Waals surface area contributed by atoms with E-state index < -0.39 is 11.6 Å². The van der Waals surface area contributed by atoms with Crippen LogP contribution in [-0.4, -0.2) is 47.8 Å². The van der Waals surface area contributed by atoms with Gasteiger partial charge in [-0.1, -0.05) is 0 Å². The molecule has 0 saturated carbocycles. The highest BCUT2D eigenvalue weighted by molar-refractivity contribution is 5.94. The van der Waals surface area contributed by atoms with Crippen LogP contribution < -0.4 is 0 Å². The molecule has 0 N–H and O–H groups in total. The summed E-state index contributed by atoms with van der Waals surface area (Å²) in [5.74, 6) is -2.40. The summed E-state index contributed by atoms with van der Waals surface area (Å²) in [6.07, 6.45) is 5.22. The van der Waals surface area contributed by atoms with E-state index in [1.165, 1.54) is 17.2 Å². The fourth-order valence-electron chi connectivity index (χ4n) is 4.53. The molecule has 1 aromatic heterocycles. The highest BCUT2D eigenvalue weighted by atomic mass is 19.2. The lowest BCUT2D eigenvalue weighted by Gasteiger charge is -2.34. The zero-order valence-corrected chi connectivity index (χ0v) is 17.0. The maximum absolute atomic E-state index is 13.4. The molecule has 3 aromatic rings. The van der Waals surface area contributed by atoms with Crippen molar-refractivity contribution in [3.63, 3.8) is 0 Å². The zero-order chi connectivity index (χ0) is 21.5. The number of hydrogen-bond donors (Lipinski definition) is 0. The van der Waals surface area contributed by atoms with Crippen molar-refractivity contribution in [3.05, 3.63) is 70.5 Å². The maximum Gasteiger partial charge on any atom is 0.254 e. The number of fused-ring (bicyclic) bond motifs is 2. The van der Waals surface area contributed by atoms with Crippen molar-refractivity contribution in [2.24, 2.45) is 0 Å². The molecule has 160 valence electrons. The number of nitrogens with zero attached hydrogens (tertiary/aromatic N) is 2. The highest BCUT2D eigenvalue weighted by Crippen LogP contribution is 2.30. The van der Waals surface area contributed by atoms with Crippen molar-refractivity contribution >= 4 is 22.8 Å². The van der Waals surface area contributed by atoms with Crippen molar-refractivity contribution in [1.82, 2.24) is 9.80 Å². The summed E-state index contributed by atoms with van der Waals surface area (Å²) in [5.41, 5.74) is 4.49. The smallest absolute Gasteiger partial charge is 0.254 e. The number of rotatable bonds is 3. The number of carbonyl (C=O) groups excluding carboxylic acids is 2. The van der Waals surface area contributed by atoms with Gasteiger partial charge in [0.1, 0.15) is 5.58 Å². The van der Waals surface area contributed by atoms with E-state index in [1.54, 1.807) is 16.1 Å². The Morgan fingerprint density at radius 1 is 0.903 bits per heavy atom. The summed E-state index contributed by atoms with van der Waals surface area (Å²) in [4.78, 5) is 28.7. The first-order valence-corrected chi connectivity index (χ1v) is 10.5. The monoisotopic (exact) mass is 424 g/mol. The summed E-state index contributed by atoms with van der Waals surface area (Å²) in [6, 6.07) is 7.39. The minimum absolute atomic E-state index is 0.0110. The molecule has 0 bridgehead atoms. The summed E-state index contributed by atoms with van der Waals surface area (Å²) in [7, 11) is 0. The first-order valence-electron chi connectivity index (χ1n) is 10.5. The van der Waals surface area contributed by atoms with Crippen molar-refractivity contribution in [1.29, 1.82) is 0 Å². The van der Waals surface area contributed by atoms with E-state index in [9.17, 15) is 18.4 Å². The quantitative estimate of drug-likeness (QED) is 0.644. The molecular formula is C24H22F2N2O3. The number of furan rings is 1. The van der Waals surface area contributed by atoms with Crippen molar-refractivity contribution < 1.29 is 22.8 Å². The van der Waals surface area contributed by atoms with Gasteiger partial charge in [0.2, 0.25) is 5.91 Å². The van der Waals surface area contributed by atoms with Gasteiger partial charge in [0.25, 0.3) is 5.91 Å². The Morgan fingerprint density at radius 3 is 2.35 bits per heavy atom. The highest BCUT2D eigenvalue weighted by Gasteiger charge is 2.26. The maximum atomic E-state index is 13.4. The van der Waals surface area contributed by atoms with Crippen LogP contribution in [0.4, 0.5) is 8.78 Å². The second-order valence-electron chi connectivity index (χ2n) is 8.21. The van der Waals surface area contributed by atoms with Crippen LogP contribution in [0.2, 0.25) is 0 Å². The van der Waals surface area contributed by atoms with Gasteiger partial charge in [-0.3, -0.25) is 9.59 Å². The van der Waals surface area contributed by atoms with Crippen LogP contribution in [0, 0.1) is 11.6 Å². The van der Waals surface area contributed by atoms with Crippen molar-refractivity contribution in [2.45, 2.75) is 25.7 Å². The van der Waals surface area contributed by atoms with E-state index in [0.717, 1.165) is 47.9 Å². The predicted octanol–water partition coefficient (Wildman–Crippen LogP) is 3.73. The molecular weight excluding hydrogens is 402 g/mol. The molecule has 31 heavy (non-hydrogen) atoms. The van der Waals surface area contributed by atoms with E-state index in [2.05, 4.69) is 12.1 Å². The van der Waals surface area contributed by atoms with Gasteiger partial charge in [0.15, 0.2) is 11.6 Å². The standard InChI is InChI=1S/C24H22F2N2O3/c25-20-5-4-17(11-21(20)26)24(30)28-8-6-27(7-9-28)23(29)13-18-14-31-22-12-16-3-1-2-15(16)10-19(18)22/h4-5,10-12,14H,1-3,6-9,13H2. The number of aryl methyl sites for hydroxylation is 2. The average molecular weight is 424 g/mol. The Hall–Kier alpha value is -3.22. The van der Waals surface area contributed by atoms with Gasteiger partial charge in [-0.05, 0) is 60.7 Å². The molecule has 1 fully saturated rings. The SMILES string of the molecule is O=C(Cc1coc2cc3c(cc12)CCC3)N1CCN(C(=O)c2ccc(F)c(F)c2)CC1. The van der Waals surface area contributed by atoms with E-state index in [4.69, 9.17) is 4.42 Å². The van der Waals surface area contributed by atoms with Crippen LogP contribution in [0.3, 0.4) is 0 Å². The third-order valence-electron chi connectivity index (χ3n) is 6.30. The molecule has 2 aromatic carbocycles. The van der Waals surface area contributed by atoms with Crippen LogP contribution in [0.5, 0.6) is 0 Å². The largest absolute Gasteiger partial charge is 0.464 e. The molecule has 0 spiro atoms. The lowest BCUT2D eigenvalue weighted by molar-refractivity contribution is -0.131. The predicted molar refractivity (Wildman–Crippen MR) is 111 cm³/mol. The first-order chi connectivity index (χ1) is 15.0. The Morgan fingerprint density at radius 2 is 1.61 bits per heavy atom. The number of carbonyl (C=O) groups is 2. The van der Waals surface area contributed by atoms with E-state index in [0.29, 0.717) is 26.2 Å². The fourth-order valence-corrected chi connectivity index (χ4v) is 4.53. The molecule has 1 aliphatic heterocycles. The molecule has 5 nitrogen and oxygen atoms in total. The van der Waals surface area contributed by atoms with Crippen LogP contribution in [0.25, 0.3) is 11.0 Å². The Balaban J connectivity index is 1.23. The Labute approximate surface area is 178 Å². The zero-order valence-electron chi connectivity index (χ0n) is 17.0. The average Bonchev–Trinajstić information content (AvgIpc) is 3.40. The van der Waals surface area contributed by atoms with Gasteiger partial charge in [-0.2, -0.15) is 0 Å². The van der Waals surface area contributed by atoms with Crippen molar-refractivity contribution in [3.8, 4) is 0 Å². The van der Waals surface area contributed by atoms with E-state index >= 15 is 0 Å². The number of hydrogen-bond acceptors (Lipinski definition) is 3. The van der Waals surface area contributed by atoms with Crippen molar-refractivity contribution in [2.75, 3.05) is 26.2 Å². The summed E-state index contributed by atoms with van der Waals surface area (Å²) in [6.45, 7) is 1.51. The van der Waals surface area contributed by atoms with E-state index in [-0.39, 0.29) is 23.8 Å². The van der Waals surface area contributed by atoms with Gasteiger partial charge < -0.3 is 14.2 Å². The topological polar surface area (TPSA) is 53.8 Å². The number of halogens is 2. The molecule has 1 saturated heterocycles. The number of amides is 2. The normalized spacial score (nSPS) is 16.1. The molecule has 0 unspecified atom stereocenters. The first kappa shape index (κ1) is 19.7. The molecule has 5 rings (SSSR count). The minimum Gasteiger partial charge on any atom is -0.464 e.